The van der Waals surface area contributed by atoms with Crippen LogP contribution in [0.5, 0.6) is 0 Å². The van der Waals surface area contributed by atoms with Crippen molar-refractivity contribution in [1.82, 2.24) is 61.8 Å². The molecule has 1 aliphatic rings. The van der Waals surface area contributed by atoms with Crippen molar-refractivity contribution in [2.24, 2.45) is 0 Å². The van der Waals surface area contributed by atoms with Crippen LogP contribution in [0.25, 0.3) is 11.1 Å². The number of aromatic nitrogens is 6. The number of benzene rings is 6. The maximum Gasteiger partial charge on any atom is 0.407 e. The van der Waals surface area contributed by atoms with Crippen molar-refractivity contribution in [1.29, 1.82) is 0 Å². The molecule has 13 rings (SSSR count). The molecule has 6 atom stereocenters. The number of amides is 6. The Balaban J connectivity index is 0.705. The molecule has 0 bridgehead atoms. The lowest BCUT2D eigenvalue weighted by molar-refractivity contribution is 0.0474. The molecule has 0 saturated carbocycles. The van der Waals surface area contributed by atoms with Gasteiger partial charge in [-0.1, -0.05) is 170 Å². The number of nitrogens with one attached hydrogen (secondary N) is 6. The lowest BCUT2D eigenvalue weighted by atomic mass is 9.98. The number of carbonyl (C=O) groups excluding carboxylic acids is 7. The second-order valence-electron chi connectivity index (χ2n) is 26.5. The van der Waals surface area contributed by atoms with Gasteiger partial charge in [0.15, 0.2) is 0 Å². The van der Waals surface area contributed by atoms with Crippen molar-refractivity contribution >= 4 is 110 Å². The van der Waals surface area contributed by atoms with Crippen molar-refractivity contribution in [2.75, 3.05) is 6.61 Å². The second kappa shape index (κ2) is 34.2. The summed E-state index contributed by atoms with van der Waals surface area (Å²) in [5.74, 6) is -3.21. The smallest absolute Gasteiger partial charge is 0.407 e. The zero-order valence-electron chi connectivity index (χ0n) is 61.0. The Morgan fingerprint density at radius 1 is 0.330 bits per heavy atom. The Kier molecular flexibility index (Phi) is 24.0. The van der Waals surface area contributed by atoms with Gasteiger partial charge in [0.25, 0.3) is 29.5 Å². The first-order valence-corrected chi connectivity index (χ1v) is 40.3. The zero-order valence-corrected chi connectivity index (χ0v) is 65.9. The molecule has 0 radical (unpaired) electrons. The molecule has 6 aromatic carbocycles. The largest absolute Gasteiger partial charge is 0.457 e. The van der Waals surface area contributed by atoms with Gasteiger partial charge in [-0.3, -0.25) is 24.0 Å². The predicted octanol–water partition coefficient (Wildman–Crippen LogP) is 16.4. The maximum atomic E-state index is 15.2. The number of carbonyl (C=O) groups is 7. The topological polar surface area (TPSA) is 287 Å². The highest BCUT2D eigenvalue weighted by Crippen LogP contribution is 2.45. The molecule has 0 unspecified atom stereocenters. The van der Waals surface area contributed by atoms with E-state index >= 15 is 4.79 Å². The summed E-state index contributed by atoms with van der Waals surface area (Å²) >= 11 is 7.03. The van der Waals surface area contributed by atoms with Crippen LogP contribution in [0, 0.1) is 41.5 Å². The molecule has 1 aliphatic carbocycles. The number of aryl methyl sites for hydroxylation is 6. The summed E-state index contributed by atoms with van der Waals surface area (Å²) in [6.07, 6.45) is 0.117. The Hall–Kier alpha value is -10.8. The van der Waals surface area contributed by atoms with Crippen LogP contribution in [-0.4, -0.2) is 78.1 Å². The van der Waals surface area contributed by atoms with Gasteiger partial charge in [0, 0.05) is 5.92 Å². The average Bonchev–Trinajstić information content (AvgIpc) is 1.61. The minimum Gasteiger partial charge on any atom is -0.457 e. The van der Waals surface area contributed by atoms with Crippen LogP contribution < -0.4 is 31.9 Å². The quantitative estimate of drug-likeness (QED) is 0.0249. The summed E-state index contributed by atoms with van der Waals surface area (Å²) in [4.78, 5) is 133. The first-order chi connectivity index (χ1) is 52.6. The minimum absolute atomic E-state index is 0.0528. The molecule has 12 aromatic rings. The van der Waals surface area contributed by atoms with E-state index in [0.29, 0.717) is 70.6 Å². The molecule has 6 amide bonds. The third kappa shape index (κ3) is 18.0. The maximum absolute atomic E-state index is 15.2. The number of ether oxygens (including phenoxy) is 2. The first kappa shape index (κ1) is 76.4. The van der Waals surface area contributed by atoms with Crippen molar-refractivity contribution in [3.05, 3.63) is 297 Å². The second-order valence-corrected chi connectivity index (χ2v) is 33.7. The van der Waals surface area contributed by atoms with E-state index in [2.05, 4.69) is 56.2 Å². The number of rotatable bonds is 28. The van der Waals surface area contributed by atoms with Crippen molar-refractivity contribution in [3.63, 3.8) is 0 Å². The fourth-order valence-electron chi connectivity index (χ4n) is 13.4. The van der Waals surface area contributed by atoms with Crippen molar-refractivity contribution in [2.45, 2.75) is 130 Å². The highest BCUT2D eigenvalue weighted by molar-refractivity contribution is 7.15. The van der Waals surface area contributed by atoms with Gasteiger partial charge >= 0.3 is 12.1 Å². The molecule has 0 spiro atoms. The van der Waals surface area contributed by atoms with Crippen molar-refractivity contribution < 1.29 is 43.0 Å². The molecule has 0 saturated heterocycles. The van der Waals surface area contributed by atoms with E-state index in [1.807, 2.05) is 146 Å². The molecule has 6 aromatic heterocycles. The highest BCUT2D eigenvalue weighted by Gasteiger charge is 2.37. The lowest BCUT2D eigenvalue weighted by Crippen LogP contribution is -2.35. The van der Waals surface area contributed by atoms with Gasteiger partial charge in [-0.15, -0.1) is 68.0 Å². The summed E-state index contributed by atoms with van der Waals surface area (Å²) < 4.78 is 11.7. The van der Waals surface area contributed by atoms with Crippen LogP contribution >= 0.6 is 68.0 Å². The molecule has 27 heteroatoms. The van der Waals surface area contributed by atoms with Gasteiger partial charge < -0.3 is 41.4 Å². The van der Waals surface area contributed by atoms with E-state index in [4.69, 9.17) is 39.4 Å². The summed E-state index contributed by atoms with van der Waals surface area (Å²) in [6.45, 7) is 16.1. The van der Waals surface area contributed by atoms with Crippen LogP contribution in [0.1, 0.15) is 219 Å². The average molecular weight is 1570 g/mol. The van der Waals surface area contributed by atoms with Gasteiger partial charge in [0.05, 0.1) is 100 Å². The van der Waals surface area contributed by atoms with E-state index < -0.39 is 77.8 Å². The van der Waals surface area contributed by atoms with Crippen LogP contribution in [0.2, 0.25) is 0 Å². The number of fused-ring (bicyclic) bond motifs is 3. The van der Waals surface area contributed by atoms with Crippen LogP contribution in [0.4, 0.5) is 4.79 Å². The number of esters is 1. The van der Waals surface area contributed by atoms with E-state index in [1.54, 1.807) is 62.3 Å². The molecule has 109 heavy (non-hydrogen) atoms. The third-order valence-corrected chi connectivity index (χ3v) is 24.2. The zero-order chi connectivity index (χ0) is 76.6. The van der Waals surface area contributed by atoms with Gasteiger partial charge in [0.1, 0.15) is 42.5 Å². The SMILES string of the molecule is Cc1nc([C@H](C)NC(=O)OCC2c3ccccc3-c3ccccc32)c(C(=O)N[C@@H](Cc2ccccc2)c2nc(C)sc2C(=O)N[C@@H](C)c2nc(C)sc2C(=O)N[C@@H](Cc2ccccc2)c2nc(C)sc2C(=O)N[C@@H](C)c2nc(C)sc2C(=O)N[C@@H](Cc2ccccc2)c2nc(C)sc2C(=O)OCc2ccccc2)s1. The molecular weight excluding hydrogens is 1490 g/mol. The molecule has 6 heterocycles. The number of hydrogen-bond acceptors (Lipinski definition) is 21. The van der Waals surface area contributed by atoms with E-state index in [-0.39, 0.29) is 61.2 Å². The normalized spacial score (nSPS) is 13.4. The number of thiazole rings is 6. The highest BCUT2D eigenvalue weighted by atomic mass is 32.1. The van der Waals surface area contributed by atoms with Crippen molar-refractivity contribution in [3.8, 4) is 11.1 Å². The van der Waals surface area contributed by atoms with Gasteiger partial charge in [-0.05, 0) is 126 Å². The van der Waals surface area contributed by atoms with Gasteiger partial charge in [-0.25, -0.2) is 39.5 Å². The fourth-order valence-corrected chi connectivity index (χ4v) is 18.8. The van der Waals surface area contributed by atoms with Crippen LogP contribution in [-0.2, 0) is 35.3 Å². The number of hydrogen-bond donors (Lipinski definition) is 6. The molecule has 0 fully saturated rings. The summed E-state index contributed by atoms with van der Waals surface area (Å²) in [6, 6.07) is 49.3. The Morgan fingerprint density at radius 2 is 0.606 bits per heavy atom. The summed E-state index contributed by atoms with van der Waals surface area (Å²) in [5, 5.41) is 22.2. The molecular formula is C82H78N12O9S6. The molecule has 556 valence electrons. The van der Waals surface area contributed by atoms with E-state index in [9.17, 15) is 28.8 Å². The summed E-state index contributed by atoms with van der Waals surface area (Å²) in [7, 11) is 0. The van der Waals surface area contributed by atoms with Crippen LogP contribution in [0.15, 0.2) is 170 Å². The van der Waals surface area contributed by atoms with E-state index in [0.717, 1.165) is 67.2 Å². The Labute approximate surface area is 654 Å². The fraction of sp³-hybridized carbons (Fsp3) is 0.256. The lowest BCUT2D eigenvalue weighted by Gasteiger charge is -2.21. The van der Waals surface area contributed by atoms with Gasteiger partial charge in [0.2, 0.25) is 0 Å². The third-order valence-electron chi connectivity index (χ3n) is 18.3. The molecule has 21 nitrogen and oxygen atoms in total. The minimum atomic E-state index is -0.874. The Morgan fingerprint density at radius 3 is 0.963 bits per heavy atom. The van der Waals surface area contributed by atoms with Gasteiger partial charge in [-0.2, -0.15) is 0 Å². The van der Waals surface area contributed by atoms with E-state index in [1.165, 1.54) is 45.3 Å². The summed E-state index contributed by atoms with van der Waals surface area (Å²) in [5.41, 5.74) is 9.78. The predicted molar refractivity (Wildman–Crippen MR) is 426 cm³/mol. The molecule has 6 N–H and O–H groups in total. The number of alkyl carbamates (subject to hydrolysis) is 1. The first-order valence-electron chi connectivity index (χ1n) is 35.4. The standard InChI is InChI=1S/C82H78N12O9S6/c1-43(83-77(96)74-68(90-50(8)108-74)62(39-53-28-16-11-17-29-53)93-80(99)72-66(88-48(6)106-72)45(3)85-82(101)103-42-60-58-36-24-22-34-56(58)57-35-23-25-37-59(57)60)64-70(104-46(4)86-64)78(97)92-61(38-52-26-14-10-15-27-52)67-73(107-49(7)89-67)76(95)84-44(2)65-71(105-47(5)87-65)79(98)94-63(40-54-30-18-12-19-31-54)69-75(109-51(9)91-69)81(100)102-41-55-32-20-13-21-33-55/h10-37,43-45,60-63H,38-42H2,1-9H3,(H,83,96)(H,84,95)(H,85,101)(H,92,97)(H,93,99)(H,94,98)/t43-,44-,45-,61-,62-,63-/m0/s1. The molecule has 0 aliphatic heterocycles. The van der Waals surface area contributed by atoms with Crippen LogP contribution in [0.3, 0.4) is 0 Å². The monoisotopic (exact) mass is 1570 g/mol. The number of nitrogens with zero attached hydrogens (tertiary/aromatic N) is 6. The Bertz CT molecular complexity index is 5280.